The maximum Gasteiger partial charge on any atom is 0.282 e. The largest absolute Gasteiger partial charge is 0.494 e. The van der Waals surface area contributed by atoms with E-state index in [1.165, 1.54) is 17.4 Å². The zero-order valence-electron chi connectivity index (χ0n) is 15.8. The molecular weight excluding hydrogens is 410 g/mol. The third-order valence-corrected chi connectivity index (χ3v) is 5.33. The van der Waals surface area contributed by atoms with Crippen LogP contribution >= 0.6 is 11.3 Å². The van der Waals surface area contributed by atoms with Gasteiger partial charge in [-0.3, -0.25) is 9.59 Å². The first-order chi connectivity index (χ1) is 14.5. The minimum Gasteiger partial charge on any atom is -0.494 e. The van der Waals surface area contributed by atoms with Crippen molar-refractivity contribution in [2.24, 2.45) is 0 Å². The average Bonchev–Trinajstić information content (AvgIpc) is 3.33. The summed E-state index contributed by atoms with van der Waals surface area (Å²) >= 11 is 1.30. The Kier molecular flexibility index (Phi) is 5.33. The van der Waals surface area contributed by atoms with Crippen LogP contribution in [0.1, 0.15) is 11.8 Å². The van der Waals surface area contributed by atoms with Crippen LogP contribution in [0.5, 0.6) is 5.75 Å². The van der Waals surface area contributed by atoms with E-state index in [4.69, 9.17) is 4.74 Å². The molecule has 4 rings (SSSR count). The van der Waals surface area contributed by atoms with Gasteiger partial charge in [-0.15, -0.1) is 11.3 Å². The van der Waals surface area contributed by atoms with E-state index in [0.29, 0.717) is 22.9 Å². The second kappa shape index (κ2) is 8.08. The van der Waals surface area contributed by atoms with Crippen molar-refractivity contribution in [1.82, 2.24) is 0 Å². The average molecular weight is 426 g/mol. The highest BCUT2D eigenvalue weighted by molar-refractivity contribution is 7.11. The molecule has 0 spiro atoms. The molecule has 5 nitrogen and oxygen atoms in total. The van der Waals surface area contributed by atoms with Crippen molar-refractivity contribution in [2.75, 3.05) is 16.8 Å². The number of rotatable bonds is 6. The molecule has 0 saturated carbocycles. The Labute approximate surface area is 175 Å². The number of imide groups is 1. The lowest BCUT2D eigenvalue weighted by Gasteiger charge is -2.16. The van der Waals surface area contributed by atoms with Gasteiger partial charge in [0.05, 0.1) is 17.9 Å². The molecule has 2 amide bonds. The molecule has 0 radical (unpaired) electrons. The minimum absolute atomic E-state index is 0.00217. The van der Waals surface area contributed by atoms with Gasteiger partial charge in [0.25, 0.3) is 11.8 Å². The smallest absolute Gasteiger partial charge is 0.282 e. The van der Waals surface area contributed by atoms with Crippen molar-refractivity contribution in [1.29, 1.82) is 0 Å². The zero-order chi connectivity index (χ0) is 21.3. The van der Waals surface area contributed by atoms with Gasteiger partial charge in [0.15, 0.2) is 11.6 Å². The third kappa shape index (κ3) is 3.57. The zero-order valence-corrected chi connectivity index (χ0v) is 16.6. The number of halogens is 2. The van der Waals surface area contributed by atoms with Crippen LogP contribution in [0.25, 0.3) is 5.57 Å². The van der Waals surface area contributed by atoms with Crippen molar-refractivity contribution < 1.29 is 23.1 Å². The first kappa shape index (κ1) is 19.8. The van der Waals surface area contributed by atoms with Gasteiger partial charge < -0.3 is 10.1 Å². The molecule has 1 N–H and O–H groups in total. The molecule has 0 saturated heterocycles. The number of hydrogen-bond acceptors (Lipinski definition) is 5. The Bertz CT molecular complexity index is 1140. The van der Waals surface area contributed by atoms with E-state index in [0.717, 1.165) is 17.0 Å². The molecule has 0 bridgehead atoms. The van der Waals surface area contributed by atoms with E-state index in [2.05, 4.69) is 5.32 Å². The summed E-state index contributed by atoms with van der Waals surface area (Å²) in [6.07, 6.45) is 0. The molecule has 3 aromatic rings. The highest BCUT2D eigenvalue weighted by atomic mass is 32.1. The van der Waals surface area contributed by atoms with Gasteiger partial charge in [0.1, 0.15) is 11.4 Å². The van der Waals surface area contributed by atoms with E-state index in [1.54, 1.807) is 41.8 Å². The van der Waals surface area contributed by atoms with Crippen LogP contribution in [0.3, 0.4) is 0 Å². The topological polar surface area (TPSA) is 58.6 Å². The molecule has 0 fully saturated rings. The van der Waals surface area contributed by atoms with Crippen molar-refractivity contribution in [3.05, 3.63) is 82.2 Å². The molecule has 0 atom stereocenters. The molecule has 1 aromatic heterocycles. The Morgan fingerprint density at radius 1 is 1.00 bits per heavy atom. The van der Waals surface area contributed by atoms with E-state index in [1.807, 2.05) is 6.92 Å². The predicted octanol–water partition coefficient (Wildman–Crippen LogP) is 4.82. The number of thiophene rings is 1. The Hall–Kier alpha value is -3.52. The van der Waals surface area contributed by atoms with E-state index >= 15 is 0 Å². The van der Waals surface area contributed by atoms with Gasteiger partial charge in [-0.05, 0) is 54.8 Å². The van der Waals surface area contributed by atoms with Crippen LogP contribution < -0.4 is 15.0 Å². The highest BCUT2D eigenvalue weighted by Crippen LogP contribution is 2.36. The number of benzene rings is 2. The maximum absolute atomic E-state index is 13.6. The number of nitrogens with one attached hydrogen (secondary N) is 1. The summed E-state index contributed by atoms with van der Waals surface area (Å²) in [6, 6.07) is 13.3. The molecule has 0 aliphatic carbocycles. The summed E-state index contributed by atoms with van der Waals surface area (Å²) in [4.78, 5) is 28.0. The van der Waals surface area contributed by atoms with E-state index in [-0.39, 0.29) is 17.0 Å². The monoisotopic (exact) mass is 426 g/mol. The minimum atomic E-state index is -1.06. The molecule has 2 heterocycles. The molecule has 30 heavy (non-hydrogen) atoms. The normalized spacial score (nSPS) is 13.9. The third-order valence-electron chi connectivity index (χ3n) is 4.45. The summed E-state index contributed by atoms with van der Waals surface area (Å²) in [5.74, 6) is -2.53. The summed E-state index contributed by atoms with van der Waals surface area (Å²) in [7, 11) is 0. The summed E-state index contributed by atoms with van der Waals surface area (Å²) < 4.78 is 32.3. The molecular formula is C22H16F2N2O3S. The first-order valence-electron chi connectivity index (χ1n) is 9.11. The predicted molar refractivity (Wildman–Crippen MR) is 111 cm³/mol. The van der Waals surface area contributed by atoms with Gasteiger partial charge >= 0.3 is 0 Å². The van der Waals surface area contributed by atoms with Crippen LogP contribution in [0, 0.1) is 11.6 Å². The fraction of sp³-hybridized carbons (Fsp3) is 0.0909. The number of carbonyl (C=O) groups is 2. The van der Waals surface area contributed by atoms with Crippen molar-refractivity contribution in [3.63, 3.8) is 0 Å². The Balaban J connectivity index is 1.73. The molecule has 1 aliphatic rings. The quantitative estimate of drug-likeness (QED) is 0.574. The summed E-state index contributed by atoms with van der Waals surface area (Å²) in [5, 5.41) is 4.59. The number of hydrogen-bond donors (Lipinski definition) is 1. The van der Waals surface area contributed by atoms with Gasteiger partial charge in [0, 0.05) is 16.6 Å². The Morgan fingerprint density at radius 3 is 2.40 bits per heavy atom. The van der Waals surface area contributed by atoms with Crippen LogP contribution in [0.4, 0.5) is 20.2 Å². The lowest BCUT2D eigenvalue weighted by molar-refractivity contribution is -0.120. The molecule has 1 aliphatic heterocycles. The highest BCUT2D eigenvalue weighted by Gasteiger charge is 2.40. The van der Waals surface area contributed by atoms with Gasteiger partial charge in [0.2, 0.25) is 0 Å². The summed E-state index contributed by atoms with van der Waals surface area (Å²) in [6.45, 7) is 2.35. The SMILES string of the molecule is CCOc1ccc(N2C(=O)C(Nc3ccc(F)c(F)c3)=C(c3cccs3)C2=O)cc1. The second-order valence-electron chi connectivity index (χ2n) is 6.35. The van der Waals surface area contributed by atoms with E-state index in [9.17, 15) is 18.4 Å². The number of amides is 2. The van der Waals surface area contributed by atoms with Crippen LogP contribution in [0.15, 0.2) is 65.7 Å². The lowest BCUT2D eigenvalue weighted by atomic mass is 10.2. The first-order valence-corrected chi connectivity index (χ1v) is 9.99. The number of anilines is 2. The van der Waals surface area contributed by atoms with Gasteiger partial charge in [-0.1, -0.05) is 6.07 Å². The van der Waals surface area contributed by atoms with Crippen LogP contribution in [-0.4, -0.2) is 18.4 Å². The maximum atomic E-state index is 13.6. The van der Waals surface area contributed by atoms with Crippen molar-refractivity contribution >= 4 is 40.1 Å². The van der Waals surface area contributed by atoms with Gasteiger partial charge in [-0.2, -0.15) is 0 Å². The Morgan fingerprint density at radius 2 is 1.77 bits per heavy atom. The second-order valence-corrected chi connectivity index (χ2v) is 7.30. The van der Waals surface area contributed by atoms with Crippen molar-refractivity contribution in [2.45, 2.75) is 6.92 Å². The van der Waals surface area contributed by atoms with Crippen LogP contribution in [-0.2, 0) is 9.59 Å². The van der Waals surface area contributed by atoms with E-state index < -0.39 is 23.4 Å². The molecule has 8 heteroatoms. The molecule has 0 unspecified atom stereocenters. The molecule has 2 aromatic carbocycles. The van der Waals surface area contributed by atoms with Crippen molar-refractivity contribution in [3.8, 4) is 5.75 Å². The fourth-order valence-electron chi connectivity index (χ4n) is 3.11. The van der Waals surface area contributed by atoms with Gasteiger partial charge in [-0.25, -0.2) is 13.7 Å². The van der Waals surface area contributed by atoms with Crippen LogP contribution in [0.2, 0.25) is 0 Å². The lowest BCUT2D eigenvalue weighted by Crippen LogP contribution is -2.32. The number of carbonyl (C=O) groups excluding carboxylic acids is 2. The number of ether oxygens (including phenoxy) is 1. The summed E-state index contributed by atoms with van der Waals surface area (Å²) in [5.41, 5.74) is 0.716. The molecule has 152 valence electrons. The number of nitrogens with zero attached hydrogens (tertiary/aromatic N) is 1. The fourth-order valence-corrected chi connectivity index (χ4v) is 3.87. The standard InChI is InChI=1S/C22H16F2N2O3S/c1-2-29-15-8-6-14(7-9-15)26-21(27)19(18-4-3-11-30-18)20(22(26)28)25-13-5-10-16(23)17(24)12-13/h3-12,25H,2H2,1H3.